The second kappa shape index (κ2) is 7.71. The fourth-order valence-electron chi connectivity index (χ4n) is 4.22. The van der Waals surface area contributed by atoms with E-state index in [2.05, 4.69) is 101 Å². The summed E-state index contributed by atoms with van der Waals surface area (Å²) in [6.07, 6.45) is 1.81. The Kier molecular flexibility index (Phi) is 4.43. The summed E-state index contributed by atoms with van der Waals surface area (Å²) < 4.78 is 6.30. The van der Waals surface area contributed by atoms with E-state index in [4.69, 9.17) is 4.42 Å². The molecular formula is C29H20N2O. The van der Waals surface area contributed by atoms with Crippen LogP contribution in [0, 0.1) is 0 Å². The van der Waals surface area contributed by atoms with E-state index in [0.29, 0.717) is 0 Å². The normalized spacial score (nSPS) is 11.1. The van der Waals surface area contributed by atoms with E-state index in [9.17, 15) is 0 Å². The van der Waals surface area contributed by atoms with Crippen LogP contribution < -0.4 is 4.90 Å². The number of hydrogen-bond acceptors (Lipinski definition) is 3. The van der Waals surface area contributed by atoms with Crippen molar-refractivity contribution < 1.29 is 4.42 Å². The number of rotatable bonds is 4. The molecule has 4 aromatic carbocycles. The predicted molar refractivity (Wildman–Crippen MR) is 132 cm³/mol. The molecule has 0 saturated heterocycles. The summed E-state index contributed by atoms with van der Waals surface area (Å²) in [6, 6.07) is 39.6. The minimum atomic E-state index is 0.794. The Morgan fingerprint density at radius 1 is 0.562 bits per heavy atom. The topological polar surface area (TPSA) is 29.3 Å². The van der Waals surface area contributed by atoms with Crippen LogP contribution >= 0.6 is 0 Å². The largest absolute Gasteiger partial charge is 0.452 e. The van der Waals surface area contributed by atoms with Crippen molar-refractivity contribution in [1.29, 1.82) is 0 Å². The highest BCUT2D eigenvalue weighted by molar-refractivity contribution is 6.08. The number of hydrogen-bond donors (Lipinski definition) is 0. The molecule has 2 heterocycles. The predicted octanol–water partition coefficient (Wildman–Crippen LogP) is 8.12. The molecule has 0 atom stereocenters. The van der Waals surface area contributed by atoms with Crippen molar-refractivity contribution in [2.45, 2.75) is 0 Å². The second-order valence-corrected chi connectivity index (χ2v) is 7.69. The molecule has 2 aromatic heterocycles. The van der Waals surface area contributed by atoms with Gasteiger partial charge >= 0.3 is 0 Å². The molecule has 6 rings (SSSR count). The van der Waals surface area contributed by atoms with Gasteiger partial charge < -0.3 is 9.32 Å². The van der Waals surface area contributed by atoms with E-state index < -0.39 is 0 Å². The van der Waals surface area contributed by atoms with Crippen molar-refractivity contribution in [2.75, 3.05) is 4.90 Å². The molecule has 152 valence electrons. The Morgan fingerprint density at radius 2 is 1.25 bits per heavy atom. The van der Waals surface area contributed by atoms with Crippen LogP contribution in [0.5, 0.6) is 0 Å². The molecule has 0 fully saturated rings. The van der Waals surface area contributed by atoms with E-state index in [1.807, 2.05) is 24.3 Å². The summed E-state index contributed by atoms with van der Waals surface area (Å²) >= 11 is 0. The van der Waals surface area contributed by atoms with Gasteiger partial charge in [-0.1, -0.05) is 66.7 Å². The maximum atomic E-state index is 6.30. The molecule has 0 radical (unpaired) electrons. The fraction of sp³-hybridized carbons (Fsp3) is 0. The number of aromatic nitrogens is 1. The average Bonchev–Trinajstić information content (AvgIpc) is 3.26. The SMILES string of the molecule is c1ccc(-c2ccc(N(c3ccccc3)c3cccc4c3oc3cccnc34)cc2)cc1. The standard InChI is InChI=1S/C29H20N2O/c1-3-9-21(10-4-1)22-16-18-24(19-17-22)31(23-11-5-2-6-12-23)26-14-7-13-25-28-27(32-29(25)26)15-8-20-30-28/h1-20H. The summed E-state index contributed by atoms with van der Waals surface area (Å²) in [7, 11) is 0. The minimum Gasteiger partial charge on any atom is -0.452 e. The summed E-state index contributed by atoms with van der Waals surface area (Å²) in [6.45, 7) is 0. The van der Waals surface area contributed by atoms with Crippen molar-refractivity contribution in [1.82, 2.24) is 4.98 Å². The molecule has 3 heteroatoms. The number of benzene rings is 4. The zero-order chi connectivity index (χ0) is 21.3. The Bertz CT molecular complexity index is 1500. The van der Waals surface area contributed by atoms with Gasteiger partial charge in [-0.3, -0.25) is 4.98 Å². The van der Waals surface area contributed by atoms with Gasteiger partial charge in [-0.05, 0) is 59.7 Å². The van der Waals surface area contributed by atoms with Gasteiger partial charge in [-0.2, -0.15) is 0 Å². The van der Waals surface area contributed by atoms with Gasteiger partial charge in [0.2, 0.25) is 0 Å². The van der Waals surface area contributed by atoms with Crippen LogP contribution in [0.15, 0.2) is 126 Å². The lowest BCUT2D eigenvalue weighted by Gasteiger charge is -2.25. The van der Waals surface area contributed by atoms with E-state index in [1.54, 1.807) is 6.20 Å². The van der Waals surface area contributed by atoms with Crippen LogP contribution in [-0.4, -0.2) is 4.98 Å². The molecule has 0 unspecified atom stereocenters. The molecule has 0 aliphatic rings. The first-order chi connectivity index (χ1) is 15.9. The third-order valence-corrected chi connectivity index (χ3v) is 5.72. The summed E-state index contributed by atoms with van der Waals surface area (Å²) in [4.78, 5) is 6.78. The van der Waals surface area contributed by atoms with Crippen LogP contribution in [0.1, 0.15) is 0 Å². The molecule has 32 heavy (non-hydrogen) atoms. The number of nitrogens with zero attached hydrogens (tertiary/aromatic N) is 2. The number of furan rings is 1. The Hall–Kier alpha value is -4.37. The van der Waals surface area contributed by atoms with E-state index in [1.165, 1.54) is 11.1 Å². The molecular weight excluding hydrogens is 392 g/mol. The lowest BCUT2D eigenvalue weighted by atomic mass is 10.0. The van der Waals surface area contributed by atoms with Crippen LogP contribution in [0.3, 0.4) is 0 Å². The Morgan fingerprint density at radius 3 is 2.03 bits per heavy atom. The first-order valence-electron chi connectivity index (χ1n) is 10.7. The van der Waals surface area contributed by atoms with Crippen LogP contribution in [0.25, 0.3) is 33.2 Å². The van der Waals surface area contributed by atoms with Crippen LogP contribution in [-0.2, 0) is 0 Å². The summed E-state index contributed by atoms with van der Waals surface area (Å²) in [5.74, 6) is 0. The Labute approximate surface area is 186 Å². The molecule has 0 aliphatic heterocycles. The average molecular weight is 412 g/mol. The van der Waals surface area contributed by atoms with Crippen molar-refractivity contribution in [2.24, 2.45) is 0 Å². The van der Waals surface area contributed by atoms with Gasteiger partial charge in [0.05, 0.1) is 5.69 Å². The van der Waals surface area contributed by atoms with Crippen molar-refractivity contribution in [3.8, 4) is 11.1 Å². The molecule has 0 N–H and O–H groups in total. The fourth-order valence-corrected chi connectivity index (χ4v) is 4.22. The molecule has 0 saturated carbocycles. The smallest absolute Gasteiger partial charge is 0.161 e. The van der Waals surface area contributed by atoms with Crippen molar-refractivity contribution >= 4 is 39.1 Å². The van der Waals surface area contributed by atoms with Crippen molar-refractivity contribution in [3.05, 3.63) is 121 Å². The highest BCUT2D eigenvalue weighted by Gasteiger charge is 2.19. The number of para-hydroxylation sites is 2. The third-order valence-electron chi connectivity index (χ3n) is 5.72. The van der Waals surface area contributed by atoms with Gasteiger partial charge in [0.25, 0.3) is 0 Å². The number of anilines is 3. The Balaban J connectivity index is 1.54. The van der Waals surface area contributed by atoms with Gasteiger partial charge in [0.1, 0.15) is 5.52 Å². The molecule has 0 spiro atoms. The van der Waals surface area contributed by atoms with Gasteiger partial charge in [0.15, 0.2) is 11.2 Å². The summed E-state index contributed by atoms with van der Waals surface area (Å²) in [5, 5.41) is 1.01. The first-order valence-corrected chi connectivity index (χ1v) is 10.7. The van der Waals surface area contributed by atoms with Gasteiger partial charge in [-0.25, -0.2) is 0 Å². The lowest BCUT2D eigenvalue weighted by Crippen LogP contribution is -2.10. The summed E-state index contributed by atoms with van der Waals surface area (Å²) in [5.41, 5.74) is 8.03. The zero-order valence-corrected chi connectivity index (χ0v) is 17.3. The maximum absolute atomic E-state index is 6.30. The van der Waals surface area contributed by atoms with Crippen molar-refractivity contribution in [3.63, 3.8) is 0 Å². The lowest BCUT2D eigenvalue weighted by molar-refractivity contribution is 0.668. The molecule has 3 nitrogen and oxygen atoms in total. The first kappa shape index (κ1) is 18.4. The highest BCUT2D eigenvalue weighted by atomic mass is 16.3. The second-order valence-electron chi connectivity index (χ2n) is 7.69. The van der Waals surface area contributed by atoms with Gasteiger partial charge in [0, 0.05) is 23.0 Å². The highest BCUT2D eigenvalue weighted by Crippen LogP contribution is 2.41. The van der Waals surface area contributed by atoms with E-state index in [-0.39, 0.29) is 0 Å². The quantitative estimate of drug-likeness (QED) is 0.293. The third kappa shape index (κ3) is 3.12. The van der Waals surface area contributed by atoms with E-state index in [0.717, 1.165) is 39.1 Å². The molecule has 6 aromatic rings. The molecule has 0 aliphatic carbocycles. The van der Waals surface area contributed by atoms with Gasteiger partial charge in [-0.15, -0.1) is 0 Å². The molecule has 0 bridgehead atoms. The number of fused-ring (bicyclic) bond motifs is 3. The van der Waals surface area contributed by atoms with Crippen LogP contribution in [0.4, 0.5) is 17.1 Å². The molecule has 0 amide bonds. The van der Waals surface area contributed by atoms with E-state index >= 15 is 0 Å². The zero-order valence-electron chi connectivity index (χ0n) is 17.3. The number of pyridine rings is 1. The minimum absolute atomic E-state index is 0.794. The van der Waals surface area contributed by atoms with Crippen LogP contribution in [0.2, 0.25) is 0 Å². The monoisotopic (exact) mass is 412 g/mol. The maximum Gasteiger partial charge on any atom is 0.161 e.